The summed E-state index contributed by atoms with van der Waals surface area (Å²) in [7, 11) is 1.30. The second-order valence-electron chi connectivity index (χ2n) is 5.49. The molecule has 0 unspecified atom stereocenters. The van der Waals surface area contributed by atoms with Crippen LogP contribution in [0.15, 0.2) is 61.1 Å². The highest BCUT2D eigenvalue weighted by molar-refractivity contribution is 6.03. The lowest BCUT2D eigenvalue weighted by atomic mass is 10.2. The van der Waals surface area contributed by atoms with Gasteiger partial charge in [0.1, 0.15) is 11.5 Å². The molecule has 1 aromatic carbocycles. The molecule has 0 aliphatic heterocycles. The number of amides is 1. The minimum Gasteiger partial charge on any atom is -0.465 e. The van der Waals surface area contributed by atoms with Gasteiger partial charge in [-0.2, -0.15) is 0 Å². The molecule has 1 amide bonds. The summed E-state index contributed by atoms with van der Waals surface area (Å²) in [6, 6.07) is 12.1. The van der Waals surface area contributed by atoms with Crippen molar-refractivity contribution >= 4 is 23.4 Å². The van der Waals surface area contributed by atoms with Crippen LogP contribution >= 0.6 is 0 Å². The number of nitrogens with one attached hydrogen (secondary N) is 2. The van der Waals surface area contributed by atoms with Crippen molar-refractivity contribution in [3.8, 4) is 0 Å². The summed E-state index contributed by atoms with van der Waals surface area (Å²) >= 11 is 0. The Kier molecular flexibility index (Phi) is 5.68. The van der Waals surface area contributed by atoms with Crippen LogP contribution < -0.4 is 10.6 Å². The SMILES string of the molecule is COC(=O)c1cccc(NC(=O)c2cnc(NCc3ccccn3)cn2)c1. The lowest BCUT2D eigenvalue weighted by Gasteiger charge is -2.07. The Morgan fingerprint density at radius 2 is 1.93 bits per heavy atom. The highest BCUT2D eigenvalue weighted by atomic mass is 16.5. The van der Waals surface area contributed by atoms with Gasteiger partial charge in [0, 0.05) is 11.9 Å². The lowest BCUT2D eigenvalue weighted by molar-refractivity contribution is 0.0600. The number of anilines is 2. The van der Waals surface area contributed by atoms with E-state index in [-0.39, 0.29) is 5.69 Å². The Bertz CT molecular complexity index is 930. The van der Waals surface area contributed by atoms with E-state index in [4.69, 9.17) is 0 Å². The molecule has 8 nitrogen and oxygen atoms in total. The Morgan fingerprint density at radius 1 is 1.04 bits per heavy atom. The maximum atomic E-state index is 12.3. The minimum absolute atomic E-state index is 0.154. The summed E-state index contributed by atoms with van der Waals surface area (Å²) in [5, 5.41) is 5.76. The number of rotatable bonds is 6. The zero-order valence-electron chi connectivity index (χ0n) is 14.5. The number of benzene rings is 1. The van der Waals surface area contributed by atoms with E-state index in [2.05, 4.69) is 30.3 Å². The molecule has 0 bridgehead atoms. The number of hydrogen-bond donors (Lipinski definition) is 2. The average Bonchev–Trinajstić information content (AvgIpc) is 2.73. The predicted octanol–water partition coefficient (Wildman–Crippen LogP) is 2.52. The summed E-state index contributed by atoms with van der Waals surface area (Å²) in [6.45, 7) is 0.501. The van der Waals surface area contributed by atoms with Crippen LogP contribution in [0.1, 0.15) is 26.5 Å². The van der Waals surface area contributed by atoms with Gasteiger partial charge in [-0.25, -0.2) is 14.8 Å². The molecule has 136 valence electrons. The number of ether oxygens (including phenoxy) is 1. The van der Waals surface area contributed by atoms with Crippen LogP contribution in [0, 0.1) is 0 Å². The molecule has 0 radical (unpaired) electrons. The largest absolute Gasteiger partial charge is 0.465 e. The third kappa shape index (κ3) is 4.85. The van der Waals surface area contributed by atoms with E-state index in [1.54, 1.807) is 24.4 Å². The number of aromatic nitrogens is 3. The lowest BCUT2D eigenvalue weighted by Crippen LogP contribution is -2.15. The number of hydrogen-bond acceptors (Lipinski definition) is 7. The quantitative estimate of drug-likeness (QED) is 0.648. The van der Waals surface area contributed by atoms with Crippen molar-refractivity contribution in [2.75, 3.05) is 17.7 Å². The van der Waals surface area contributed by atoms with Crippen molar-refractivity contribution in [2.45, 2.75) is 6.54 Å². The van der Waals surface area contributed by atoms with Gasteiger partial charge in [0.25, 0.3) is 5.91 Å². The molecule has 0 spiro atoms. The summed E-state index contributed by atoms with van der Waals surface area (Å²) in [5.74, 6) is -0.375. The second kappa shape index (κ2) is 8.52. The Morgan fingerprint density at radius 3 is 2.63 bits per heavy atom. The molecule has 0 aliphatic carbocycles. The summed E-state index contributed by atoms with van der Waals surface area (Å²) in [4.78, 5) is 36.3. The van der Waals surface area contributed by atoms with Crippen LogP contribution in [0.3, 0.4) is 0 Å². The molecule has 0 atom stereocenters. The summed E-state index contributed by atoms with van der Waals surface area (Å²) in [5.41, 5.74) is 1.82. The first-order valence-corrected chi connectivity index (χ1v) is 8.11. The van der Waals surface area contributed by atoms with Crippen molar-refractivity contribution in [1.29, 1.82) is 0 Å². The van der Waals surface area contributed by atoms with E-state index in [1.807, 2.05) is 18.2 Å². The van der Waals surface area contributed by atoms with Gasteiger partial charge in [0.05, 0.1) is 37.3 Å². The van der Waals surface area contributed by atoms with Crippen LogP contribution in [-0.4, -0.2) is 33.9 Å². The third-order valence-electron chi connectivity index (χ3n) is 3.60. The monoisotopic (exact) mass is 363 g/mol. The fourth-order valence-corrected chi connectivity index (χ4v) is 2.26. The first-order valence-electron chi connectivity index (χ1n) is 8.11. The number of nitrogens with zero attached hydrogens (tertiary/aromatic N) is 3. The fraction of sp³-hybridized carbons (Fsp3) is 0.105. The maximum Gasteiger partial charge on any atom is 0.337 e. The average molecular weight is 363 g/mol. The van der Waals surface area contributed by atoms with Crippen molar-refractivity contribution in [2.24, 2.45) is 0 Å². The standard InChI is InChI=1S/C19H17N5O3/c1-27-19(26)13-5-4-7-14(9-13)24-18(25)16-11-23-17(12-21-16)22-10-15-6-2-3-8-20-15/h2-9,11-12H,10H2,1H3,(H,22,23)(H,24,25). The van der Waals surface area contributed by atoms with Gasteiger partial charge in [-0.1, -0.05) is 12.1 Å². The van der Waals surface area contributed by atoms with Crippen molar-refractivity contribution in [3.05, 3.63) is 78.0 Å². The van der Waals surface area contributed by atoms with Crippen molar-refractivity contribution in [3.63, 3.8) is 0 Å². The van der Waals surface area contributed by atoms with Gasteiger partial charge in [-0.3, -0.25) is 9.78 Å². The van der Waals surface area contributed by atoms with Gasteiger partial charge in [-0.05, 0) is 30.3 Å². The molecule has 27 heavy (non-hydrogen) atoms. The van der Waals surface area contributed by atoms with Crippen LogP contribution in [-0.2, 0) is 11.3 Å². The summed E-state index contributed by atoms with van der Waals surface area (Å²) < 4.78 is 4.66. The fourth-order valence-electron chi connectivity index (χ4n) is 2.26. The molecular weight excluding hydrogens is 346 g/mol. The number of methoxy groups -OCH3 is 1. The molecule has 0 aliphatic rings. The number of esters is 1. The molecule has 0 saturated carbocycles. The minimum atomic E-state index is -0.478. The Hall–Kier alpha value is -3.81. The first-order chi connectivity index (χ1) is 13.2. The van der Waals surface area contributed by atoms with Crippen LogP contribution in [0.4, 0.5) is 11.5 Å². The molecule has 0 fully saturated rings. The third-order valence-corrected chi connectivity index (χ3v) is 3.60. The highest BCUT2D eigenvalue weighted by Crippen LogP contribution is 2.13. The summed E-state index contributed by atoms with van der Waals surface area (Å²) in [6.07, 6.45) is 4.56. The normalized spacial score (nSPS) is 10.1. The van der Waals surface area contributed by atoms with Crippen LogP contribution in [0.2, 0.25) is 0 Å². The Labute approximate surface area is 155 Å². The van der Waals surface area contributed by atoms with Crippen molar-refractivity contribution in [1.82, 2.24) is 15.0 Å². The first kappa shape index (κ1) is 18.0. The molecule has 3 aromatic rings. The molecule has 2 heterocycles. The van der Waals surface area contributed by atoms with E-state index in [9.17, 15) is 9.59 Å². The van der Waals surface area contributed by atoms with Crippen molar-refractivity contribution < 1.29 is 14.3 Å². The van der Waals surface area contributed by atoms with Gasteiger partial charge in [0.2, 0.25) is 0 Å². The maximum absolute atomic E-state index is 12.3. The number of carbonyl (C=O) groups excluding carboxylic acids is 2. The van der Waals surface area contributed by atoms with E-state index in [1.165, 1.54) is 25.6 Å². The van der Waals surface area contributed by atoms with E-state index >= 15 is 0 Å². The van der Waals surface area contributed by atoms with E-state index < -0.39 is 11.9 Å². The van der Waals surface area contributed by atoms with Crippen LogP contribution in [0.5, 0.6) is 0 Å². The Balaban J connectivity index is 1.61. The number of carbonyl (C=O) groups is 2. The highest BCUT2D eigenvalue weighted by Gasteiger charge is 2.11. The molecule has 2 aromatic heterocycles. The topological polar surface area (TPSA) is 106 Å². The van der Waals surface area contributed by atoms with Gasteiger partial charge >= 0.3 is 5.97 Å². The number of pyridine rings is 1. The molecule has 3 rings (SSSR count). The molecule has 0 saturated heterocycles. The predicted molar refractivity (Wildman–Crippen MR) is 99.3 cm³/mol. The van der Waals surface area contributed by atoms with Crippen LogP contribution in [0.25, 0.3) is 0 Å². The molecular formula is C19H17N5O3. The van der Waals surface area contributed by atoms with Gasteiger partial charge < -0.3 is 15.4 Å². The van der Waals surface area contributed by atoms with Gasteiger partial charge in [-0.15, -0.1) is 0 Å². The molecule has 2 N–H and O–H groups in total. The van der Waals surface area contributed by atoms with E-state index in [0.717, 1.165) is 5.69 Å². The zero-order valence-corrected chi connectivity index (χ0v) is 14.5. The van der Waals surface area contributed by atoms with Gasteiger partial charge in [0.15, 0.2) is 0 Å². The smallest absolute Gasteiger partial charge is 0.337 e. The van der Waals surface area contributed by atoms with E-state index in [0.29, 0.717) is 23.6 Å². The zero-order chi connectivity index (χ0) is 19.1. The second-order valence-corrected chi connectivity index (χ2v) is 5.49. The molecule has 8 heteroatoms.